The molecule has 1 aliphatic rings. The molecule has 4 rings (SSSR count). The van der Waals surface area contributed by atoms with Gasteiger partial charge < -0.3 is 10.1 Å². The molecule has 0 bridgehead atoms. The third-order valence-corrected chi connectivity index (χ3v) is 7.17. The van der Waals surface area contributed by atoms with Crippen LogP contribution in [0.15, 0.2) is 42.9 Å². The first-order chi connectivity index (χ1) is 16.8. The minimum absolute atomic E-state index is 0.0620. The minimum Gasteiger partial charge on any atom is -0.477 e. The van der Waals surface area contributed by atoms with Gasteiger partial charge in [-0.2, -0.15) is 0 Å². The standard InChI is InChI=1S/C23H25FN6O4S/c1-3-18(19-9-10-26-23(29-19)30-35(32,33)15-6-7-15)28-22(31)16-8-5-14(11-17(16)24)20-12-25-13-21(27-20)34-4-2/h5,8-13,15,18H,3-4,6-7H2,1-2H3,(H,28,31)(H,26,29,30)/t18-/m0/s1. The molecule has 1 saturated carbocycles. The fraction of sp³-hybridized carbons (Fsp3) is 0.348. The van der Waals surface area contributed by atoms with E-state index in [9.17, 15) is 17.6 Å². The summed E-state index contributed by atoms with van der Waals surface area (Å²) in [5.41, 5.74) is 1.12. The lowest BCUT2D eigenvalue weighted by Gasteiger charge is -2.17. The summed E-state index contributed by atoms with van der Waals surface area (Å²) in [6, 6.07) is 5.16. The number of rotatable bonds is 10. The van der Waals surface area contributed by atoms with Crippen LogP contribution in [0.5, 0.6) is 5.88 Å². The average Bonchev–Trinajstić information content (AvgIpc) is 3.69. The van der Waals surface area contributed by atoms with Crippen molar-refractivity contribution in [3.05, 3.63) is 59.9 Å². The Balaban J connectivity index is 1.49. The molecule has 1 amide bonds. The molecule has 1 aromatic carbocycles. The number of hydrogen-bond acceptors (Lipinski definition) is 8. The number of amides is 1. The van der Waals surface area contributed by atoms with Gasteiger partial charge in [-0.3, -0.25) is 14.5 Å². The maximum Gasteiger partial charge on any atom is 0.254 e. The Morgan fingerprint density at radius 1 is 1.20 bits per heavy atom. The molecule has 0 unspecified atom stereocenters. The van der Waals surface area contributed by atoms with Crippen molar-refractivity contribution in [1.82, 2.24) is 25.3 Å². The highest BCUT2D eigenvalue weighted by Gasteiger charge is 2.36. The Morgan fingerprint density at radius 2 is 2.00 bits per heavy atom. The summed E-state index contributed by atoms with van der Waals surface area (Å²) in [6.45, 7) is 4.06. The van der Waals surface area contributed by atoms with E-state index in [0.717, 1.165) is 0 Å². The molecule has 2 aromatic heterocycles. The van der Waals surface area contributed by atoms with Gasteiger partial charge in [-0.1, -0.05) is 13.0 Å². The maximum absolute atomic E-state index is 14.9. The number of carbonyl (C=O) groups is 1. The number of halogens is 1. The number of sulfonamides is 1. The van der Waals surface area contributed by atoms with Gasteiger partial charge in [0, 0.05) is 11.8 Å². The van der Waals surface area contributed by atoms with E-state index in [-0.39, 0.29) is 11.5 Å². The van der Waals surface area contributed by atoms with Crippen molar-refractivity contribution < 1.29 is 22.3 Å². The lowest BCUT2D eigenvalue weighted by Crippen LogP contribution is -2.30. The van der Waals surface area contributed by atoms with E-state index in [0.29, 0.717) is 48.7 Å². The summed E-state index contributed by atoms with van der Waals surface area (Å²) in [6.07, 6.45) is 6.01. The highest BCUT2D eigenvalue weighted by molar-refractivity contribution is 7.93. The molecule has 1 fully saturated rings. The molecule has 3 aromatic rings. The van der Waals surface area contributed by atoms with E-state index < -0.39 is 33.0 Å². The molecule has 2 N–H and O–H groups in total. The number of carbonyl (C=O) groups excluding carboxylic acids is 1. The third kappa shape index (κ3) is 5.88. The zero-order chi connectivity index (χ0) is 25.0. The van der Waals surface area contributed by atoms with Crippen LogP contribution in [0.2, 0.25) is 0 Å². The first kappa shape index (κ1) is 24.5. The van der Waals surface area contributed by atoms with Gasteiger partial charge in [0.25, 0.3) is 5.91 Å². The molecule has 2 heterocycles. The lowest BCUT2D eigenvalue weighted by molar-refractivity contribution is 0.0930. The van der Waals surface area contributed by atoms with Gasteiger partial charge in [-0.25, -0.2) is 27.8 Å². The zero-order valence-electron chi connectivity index (χ0n) is 19.2. The Bertz CT molecular complexity index is 1330. The molecule has 0 radical (unpaired) electrons. The highest BCUT2D eigenvalue weighted by Crippen LogP contribution is 2.29. The number of hydrogen-bond donors (Lipinski definition) is 2. The molecule has 1 atom stereocenters. The van der Waals surface area contributed by atoms with E-state index >= 15 is 0 Å². The second-order valence-corrected chi connectivity index (χ2v) is 9.92. The molecule has 12 heteroatoms. The van der Waals surface area contributed by atoms with Crippen molar-refractivity contribution in [2.24, 2.45) is 0 Å². The second kappa shape index (κ2) is 10.3. The summed E-state index contributed by atoms with van der Waals surface area (Å²) in [4.78, 5) is 29.4. The Hall–Kier alpha value is -3.67. The molecule has 10 nitrogen and oxygen atoms in total. The second-order valence-electron chi connectivity index (χ2n) is 7.96. The van der Waals surface area contributed by atoms with E-state index in [1.54, 1.807) is 12.1 Å². The van der Waals surface area contributed by atoms with Crippen molar-refractivity contribution in [2.45, 2.75) is 44.4 Å². The van der Waals surface area contributed by atoms with Gasteiger partial charge in [0.1, 0.15) is 5.82 Å². The van der Waals surface area contributed by atoms with Gasteiger partial charge >= 0.3 is 0 Å². The Kier molecular flexibility index (Phi) is 7.20. The molecular formula is C23H25FN6O4S. The van der Waals surface area contributed by atoms with Crippen LogP contribution >= 0.6 is 0 Å². The molecule has 184 valence electrons. The smallest absolute Gasteiger partial charge is 0.254 e. The summed E-state index contributed by atoms with van der Waals surface area (Å²) in [5.74, 6) is -1.09. The largest absolute Gasteiger partial charge is 0.477 e. The average molecular weight is 501 g/mol. The predicted molar refractivity (Wildman–Crippen MR) is 127 cm³/mol. The molecule has 1 aliphatic carbocycles. The van der Waals surface area contributed by atoms with Gasteiger partial charge in [-0.15, -0.1) is 0 Å². The van der Waals surface area contributed by atoms with E-state index in [1.807, 2.05) is 13.8 Å². The van der Waals surface area contributed by atoms with Crippen molar-refractivity contribution >= 4 is 21.9 Å². The summed E-state index contributed by atoms with van der Waals surface area (Å²) >= 11 is 0. The van der Waals surface area contributed by atoms with Crippen LogP contribution in [0.4, 0.5) is 10.3 Å². The molecule has 0 spiro atoms. The van der Waals surface area contributed by atoms with Gasteiger partial charge in [-0.05, 0) is 44.4 Å². The molecular weight excluding hydrogens is 475 g/mol. The van der Waals surface area contributed by atoms with Gasteiger partial charge in [0.05, 0.1) is 47.2 Å². The van der Waals surface area contributed by atoms with E-state index in [2.05, 4.69) is 30.0 Å². The number of benzene rings is 1. The monoisotopic (exact) mass is 500 g/mol. The summed E-state index contributed by atoms with van der Waals surface area (Å²) in [5, 5.41) is 2.33. The third-order valence-electron chi connectivity index (χ3n) is 5.36. The van der Waals surface area contributed by atoms with E-state index in [1.165, 1.54) is 30.7 Å². The number of nitrogens with one attached hydrogen (secondary N) is 2. The van der Waals surface area contributed by atoms with Crippen LogP contribution < -0.4 is 14.8 Å². The number of nitrogens with zero attached hydrogens (tertiary/aromatic N) is 4. The van der Waals surface area contributed by atoms with Crippen molar-refractivity contribution in [3.8, 4) is 17.1 Å². The topological polar surface area (TPSA) is 136 Å². The fourth-order valence-electron chi connectivity index (χ4n) is 3.39. The van der Waals surface area contributed by atoms with Crippen LogP contribution in [0, 0.1) is 5.82 Å². The number of anilines is 1. The van der Waals surface area contributed by atoms with Crippen molar-refractivity contribution in [3.63, 3.8) is 0 Å². The molecule has 0 saturated heterocycles. The van der Waals surface area contributed by atoms with Crippen LogP contribution in [-0.4, -0.2) is 46.1 Å². The number of ether oxygens (including phenoxy) is 1. The fourth-order valence-corrected chi connectivity index (χ4v) is 4.67. The predicted octanol–water partition coefficient (Wildman–Crippen LogP) is 3.26. The van der Waals surface area contributed by atoms with Gasteiger partial charge in [0.2, 0.25) is 21.9 Å². The lowest BCUT2D eigenvalue weighted by atomic mass is 10.1. The van der Waals surface area contributed by atoms with Crippen LogP contribution in [0.1, 0.15) is 55.2 Å². The first-order valence-electron chi connectivity index (χ1n) is 11.2. The van der Waals surface area contributed by atoms with Crippen LogP contribution in [-0.2, 0) is 10.0 Å². The number of aromatic nitrogens is 4. The van der Waals surface area contributed by atoms with Crippen LogP contribution in [0.25, 0.3) is 11.3 Å². The first-order valence-corrected chi connectivity index (χ1v) is 12.8. The SMILES string of the molecule is CCOc1cncc(-c2ccc(C(=O)N[C@@H](CC)c3ccnc(NS(=O)(=O)C4CC4)n3)c(F)c2)n1. The Labute approximate surface area is 202 Å². The van der Waals surface area contributed by atoms with Gasteiger partial charge in [0.15, 0.2) is 0 Å². The van der Waals surface area contributed by atoms with Crippen LogP contribution in [0.3, 0.4) is 0 Å². The Morgan fingerprint density at radius 3 is 2.69 bits per heavy atom. The summed E-state index contributed by atoms with van der Waals surface area (Å²) < 4.78 is 46.9. The maximum atomic E-state index is 14.9. The van der Waals surface area contributed by atoms with E-state index in [4.69, 9.17) is 4.74 Å². The summed E-state index contributed by atoms with van der Waals surface area (Å²) in [7, 11) is -3.52. The van der Waals surface area contributed by atoms with Crippen molar-refractivity contribution in [1.29, 1.82) is 0 Å². The molecule has 0 aliphatic heterocycles. The minimum atomic E-state index is -3.52. The highest BCUT2D eigenvalue weighted by atomic mass is 32.2. The zero-order valence-corrected chi connectivity index (χ0v) is 20.0. The normalized spacial score (nSPS) is 14.3. The van der Waals surface area contributed by atoms with Crippen molar-refractivity contribution in [2.75, 3.05) is 11.3 Å². The quantitative estimate of drug-likeness (QED) is 0.433. The molecule has 35 heavy (non-hydrogen) atoms.